The molecule has 2 aromatic rings. The molecule has 4 heteroatoms. The van der Waals surface area contributed by atoms with Gasteiger partial charge in [-0.05, 0) is 62.6 Å². The first-order chi connectivity index (χ1) is 12.2. The normalized spacial score (nSPS) is 19.1. The molecule has 0 aromatic heterocycles. The van der Waals surface area contributed by atoms with Crippen LogP contribution in [0, 0.1) is 0 Å². The topological polar surface area (TPSA) is 69.9 Å². The number of fused-ring (bicyclic) bond motifs is 4. The molecular weight excluding hydrogens is 328 g/mol. The van der Waals surface area contributed by atoms with Crippen LogP contribution in [0.15, 0.2) is 36.4 Å². The van der Waals surface area contributed by atoms with Gasteiger partial charge in [-0.3, -0.25) is 0 Å². The molecule has 0 fully saturated rings. The fraction of sp³-hybridized carbons (Fsp3) is 0.273. The Labute approximate surface area is 152 Å². The Kier molecular flexibility index (Phi) is 3.38. The molecule has 134 valence electrons. The second-order valence-corrected chi connectivity index (χ2v) is 7.70. The summed E-state index contributed by atoms with van der Waals surface area (Å²) >= 11 is 0. The van der Waals surface area contributed by atoms with Crippen LogP contribution in [0.5, 0.6) is 23.0 Å². The van der Waals surface area contributed by atoms with Crippen LogP contribution in [0.25, 0.3) is 17.2 Å². The number of ether oxygens (including phenoxy) is 1. The smallest absolute Gasteiger partial charge is 0.161 e. The lowest BCUT2D eigenvalue weighted by Gasteiger charge is -2.34. The van der Waals surface area contributed by atoms with Crippen LogP contribution >= 0.6 is 0 Å². The van der Waals surface area contributed by atoms with Crippen molar-refractivity contribution in [3.63, 3.8) is 0 Å². The average molecular weight is 350 g/mol. The number of phenolic OH excluding ortho intramolecular Hbond substituents is 3. The van der Waals surface area contributed by atoms with E-state index in [0.717, 1.165) is 22.3 Å². The lowest BCUT2D eigenvalue weighted by Crippen LogP contribution is -2.28. The van der Waals surface area contributed by atoms with Gasteiger partial charge in [-0.2, -0.15) is 0 Å². The molecule has 1 atom stereocenters. The summed E-state index contributed by atoms with van der Waals surface area (Å²) in [5.41, 5.74) is 4.14. The summed E-state index contributed by atoms with van der Waals surface area (Å²) in [6.45, 7) is 9.90. The summed E-state index contributed by atoms with van der Waals surface area (Å²) in [6, 6.07) is 5.16. The molecule has 0 radical (unpaired) electrons. The molecule has 26 heavy (non-hydrogen) atoms. The van der Waals surface area contributed by atoms with E-state index in [4.69, 9.17) is 4.74 Å². The first-order valence-corrected chi connectivity index (χ1v) is 8.67. The summed E-state index contributed by atoms with van der Waals surface area (Å²) in [5, 5.41) is 31.3. The van der Waals surface area contributed by atoms with Gasteiger partial charge in [0.15, 0.2) is 11.5 Å². The molecule has 0 bridgehead atoms. The van der Waals surface area contributed by atoms with Crippen LogP contribution in [0.2, 0.25) is 0 Å². The maximum absolute atomic E-state index is 11.0. The molecule has 0 saturated carbocycles. The number of hydrogen-bond donors (Lipinski definition) is 3. The minimum Gasteiger partial charge on any atom is -0.507 e. The molecule has 0 saturated heterocycles. The summed E-state index contributed by atoms with van der Waals surface area (Å²) in [7, 11) is 0. The molecule has 1 unspecified atom stereocenters. The van der Waals surface area contributed by atoms with Gasteiger partial charge in [-0.1, -0.05) is 18.2 Å². The third kappa shape index (κ3) is 2.29. The standard InChI is InChI=1S/C22H22O4/c1-11(2)14-9-16-12(5-6-17(23)20(16)24)15-10-18-13(21(25)19(14)15)7-8-22(3,4)26-18/h5-8,10,14,23-25H,1,9H2,2-4H3. The first kappa shape index (κ1) is 16.6. The average Bonchev–Trinajstić information content (AvgIpc) is 2.56. The summed E-state index contributed by atoms with van der Waals surface area (Å²) in [6.07, 6.45) is 4.30. The van der Waals surface area contributed by atoms with Gasteiger partial charge in [0.25, 0.3) is 0 Å². The second kappa shape index (κ2) is 5.31. The monoisotopic (exact) mass is 350 g/mol. The number of phenols is 3. The Morgan fingerprint density at radius 3 is 2.58 bits per heavy atom. The maximum atomic E-state index is 11.0. The fourth-order valence-electron chi connectivity index (χ4n) is 3.91. The molecule has 4 rings (SSSR count). The molecule has 2 aromatic carbocycles. The lowest BCUT2D eigenvalue weighted by atomic mass is 9.74. The molecule has 1 aliphatic heterocycles. The van der Waals surface area contributed by atoms with Crippen LogP contribution in [-0.4, -0.2) is 20.9 Å². The maximum Gasteiger partial charge on any atom is 0.161 e. The summed E-state index contributed by atoms with van der Waals surface area (Å²) in [5.74, 6) is 0.386. The van der Waals surface area contributed by atoms with Crippen LogP contribution in [0.4, 0.5) is 0 Å². The number of allylic oxidation sites excluding steroid dienone is 1. The molecule has 3 N–H and O–H groups in total. The number of aromatic hydroxyl groups is 3. The Hall–Kier alpha value is -2.88. The van der Waals surface area contributed by atoms with Crippen molar-refractivity contribution in [2.24, 2.45) is 0 Å². The summed E-state index contributed by atoms with van der Waals surface area (Å²) < 4.78 is 6.05. The number of hydrogen-bond acceptors (Lipinski definition) is 4. The van der Waals surface area contributed by atoms with Crippen molar-refractivity contribution < 1.29 is 20.1 Å². The zero-order valence-electron chi connectivity index (χ0n) is 15.1. The second-order valence-electron chi connectivity index (χ2n) is 7.70. The highest BCUT2D eigenvalue weighted by Crippen LogP contribution is 2.54. The van der Waals surface area contributed by atoms with Crippen molar-refractivity contribution >= 4 is 6.08 Å². The van der Waals surface area contributed by atoms with Crippen molar-refractivity contribution in [3.8, 4) is 34.1 Å². The van der Waals surface area contributed by atoms with Gasteiger partial charge in [-0.15, -0.1) is 0 Å². The Morgan fingerprint density at radius 2 is 1.88 bits per heavy atom. The van der Waals surface area contributed by atoms with Crippen LogP contribution in [-0.2, 0) is 6.42 Å². The van der Waals surface area contributed by atoms with Crippen molar-refractivity contribution in [1.29, 1.82) is 0 Å². The lowest BCUT2D eigenvalue weighted by molar-refractivity contribution is 0.158. The summed E-state index contributed by atoms with van der Waals surface area (Å²) in [4.78, 5) is 0. The van der Waals surface area contributed by atoms with Crippen LogP contribution in [0.1, 0.15) is 43.4 Å². The Morgan fingerprint density at radius 1 is 1.15 bits per heavy atom. The van der Waals surface area contributed by atoms with E-state index in [1.54, 1.807) is 6.07 Å². The Balaban J connectivity index is 2.05. The first-order valence-electron chi connectivity index (χ1n) is 8.67. The van der Waals surface area contributed by atoms with E-state index in [0.29, 0.717) is 23.3 Å². The van der Waals surface area contributed by atoms with Gasteiger partial charge >= 0.3 is 0 Å². The molecule has 0 spiro atoms. The predicted octanol–water partition coefficient (Wildman–Crippen LogP) is 4.87. The van der Waals surface area contributed by atoms with Crippen molar-refractivity contribution in [1.82, 2.24) is 0 Å². The van der Waals surface area contributed by atoms with Gasteiger partial charge in [-0.25, -0.2) is 0 Å². The third-order valence-electron chi connectivity index (χ3n) is 5.27. The molecule has 0 amide bonds. The minimum atomic E-state index is -0.462. The van der Waals surface area contributed by atoms with E-state index in [1.807, 2.05) is 39.0 Å². The molecule has 4 nitrogen and oxygen atoms in total. The third-order valence-corrected chi connectivity index (χ3v) is 5.27. The van der Waals surface area contributed by atoms with E-state index in [9.17, 15) is 15.3 Å². The molecule has 1 aliphatic carbocycles. The van der Waals surface area contributed by atoms with Gasteiger partial charge < -0.3 is 20.1 Å². The number of benzene rings is 2. The largest absolute Gasteiger partial charge is 0.507 e. The van der Waals surface area contributed by atoms with Crippen molar-refractivity contribution in [2.45, 2.75) is 38.7 Å². The zero-order chi connectivity index (χ0) is 18.8. The van der Waals surface area contributed by atoms with Crippen LogP contribution < -0.4 is 4.74 Å². The number of rotatable bonds is 1. The van der Waals surface area contributed by atoms with E-state index >= 15 is 0 Å². The van der Waals surface area contributed by atoms with Crippen molar-refractivity contribution in [2.75, 3.05) is 0 Å². The highest BCUT2D eigenvalue weighted by Gasteiger charge is 2.34. The Bertz CT molecular complexity index is 982. The van der Waals surface area contributed by atoms with E-state index in [-0.39, 0.29) is 23.2 Å². The predicted molar refractivity (Wildman–Crippen MR) is 102 cm³/mol. The van der Waals surface area contributed by atoms with Crippen molar-refractivity contribution in [3.05, 3.63) is 53.1 Å². The SMILES string of the molecule is C=C(C)C1Cc2c(ccc(O)c2O)-c2cc3c(c(O)c21)C=CC(C)(C)O3. The minimum absolute atomic E-state index is 0.113. The van der Waals surface area contributed by atoms with Gasteiger partial charge in [0.05, 0.1) is 5.56 Å². The van der Waals surface area contributed by atoms with E-state index in [2.05, 4.69) is 6.58 Å². The molecule has 1 heterocycles. The quantitative estimate of drug-likeness (QED) is 0.507. The van der Waals surface area contributed by atoms with Gasteiger partial charge in [0.2, 0.25) is 0 Å². The van der Waals surface area contributed by atoms with Crippen LogP contribution in [0.3, 0.4) is 0 Å². The molecular formula is C22H22O4. The zero-order valence-corrected chi connectivity index (χ0v) is 15.1. The molecule has 2 aliphatic rings. The van der Waals surface area contributed by atoms with Gasteiger partial charge in [0.1, 0.15) is 17.1 Å². The van der Waals surface area contributed by atoms with E-state index in [1.165, 1.54) is 6.07 Å². The van der Waals surface area contributed by atoms with Gasteiger partial charge in [0, 0.05) is 17.0 Å². The highest BCUT2D eigenvalue weighted by molar-refractivity contribution is 5.85. The van der Waals surface area contributed by atoms with E-state index < -0.39 is 5.60 Å². The fourth-order valence-corrected chi connectivity index (χ4v) is 3.91. The highest BCUT2D eigenvalue weighted by atomic mass is 16.5.